The lowest BCUT2D eigenvalue weighted by Crippen LogP contribution is -3.16. The maximum absolute atomic E-state index is 10.3. The van der Waals surface area contributed by atoms with E-state index in [4.69, 9.17) is 16.3 Å². The van der Waals surface area contributed by atoms with Crippen molar-refractivity contribution in [1.29, 1.82) is 0 Å². The number of quaternary nitrogens is 1. The van der Waals surface area contributed by atoms with Crippen molar-refractivity contribution >= 4 is 17.4 Å². The molecule has 1 fully saturated rings. The van der Waals surface area contributed by atoms with Gasteiger partial charge in [0.1, 0.15) is 51.2 Å². The van der Waals surface area contributed by atoms with Crippen molar-refractivity contribution < 1.29 is 19.7 Å². The van der Waals surface area contributed by atoms with Crippen molar-refractivity contribution in [3.05, 3.63) is 53.2 Å². The van der Waals surface area contributed by atoms with Crippen molar-refractivity contribution in [3.8, 4) is 5.75 Å². The number of benzene rings is 1. The van der Waals surface area contributed by atoms with Gasteiger partial charge in [-0.1, -0.05) is 17.7 Å². The van der Waals surface area contributed by atoms with Crippen molar-refractivity contribution in [3.63, 3.8) is 0 Å². The quantitative estimate of drug-likeness (QED) is 0.790. The number of hydrogen-bond acceptors (Lipinski definition) is 3. The highest BCUT2D eigenvalue weighted by atomic mass is 35.5. The second-order valence-electron chi connectivity index (χ2n) is 6.56. The van der Waals surface area contributed by atoms with Crippen LogP contribution in [0.3, 0.4) is 0 Å². The normalized spacial score (nSPS) is 16.7. The summed E-state index contributed by atoms with van der Waals surface area (Å²) in [6, 6.07) is 11.7. The number of aliphatic hydroxyl groups is 1. The van der Waals surface area contributed by atoms with Crippen molar-refractivity contribution in [1.82, 2.24) is 0 Å². The highest BCUT2D eigenvalue weighted by Crippen LogP contribution is 2.21. The molecule has 0 bridgehead atoms. The highest BCUT2D eigenvalue weighted by Gasteiger charge is 2.27. The third kappa shape index (κ3) is 5.08. The van der Waals surface area contributed by atoms with E-state index in [2.05, 4.69) is 16.0 Å². The lowest BCUT2D eigenvalue weighted by molar-refractivity contribution is -0.903. The molecule has 0 saturated carbocycles. The number of pyridine rings is 1. The molecule has 0 unspecified atom stereocenters. The Balaban J connectivity index is 1.42. The Labute approximate surface area is 153 Å². The minimum absolute atomic E-state index is 0.308. The van der Waals surface area contributed by atoms with E-state index < -0.39 is 6.10 Å². The fourth-order valence-electron chi connectivity index (χ4n) is 3.20. The van der Waals surface area contributed by atoms with Crippen LogP contribution in [-0.4, -0.2) is 50.5 Å². The van der Waals surface area contributed by atoms with Crippen LogP contribution in [0.1, 0.15) is 5.56 Å². The molecule has 2 aromatic rings. The van der Waals surface area contributed by atoms with Crippen molar-refractivity contribution in [2.45, 2.75) is 13.0 Å². The Morgan fingerprint density at radius 1 is 1.28 bits per heavy atom. The highest BCUT2D eigenvalue weighted by molar-refractivity contribution is 6.30. The number of aromatic amines is 1. The van der Waals surface area contributed by atoms with Gasteiger partial charge in [-0.2, -0.15) is 0 Å². The summed E-state index contributed by atoms with van der Waals surface area (Å²) in [5.41, 5.74) is 0.986. The molecule has 0 radical (unpaired) electrons. The first kappa shape index (κ1) is 18.0. The number of ether oxygens (including phenoxy) is 1. The van der Waals surface area contributed by atoms with Crippen LogP contribution in [0.15, 0.2) is 42.6 Å². The zero-order chi connectivity index (χ0) is 17.6. The molecular formula is C19H26ClN3O2+2. The van der Waals surface area contributed by atoms with Crippen LogP contribution < -0.4 is 19.5 Å². The summed E-state index contributed by atoms with van der Waals surface area (Å²) in [7, 11) is 0. The Morgan fingerprint density at radius 2 is 2.08 bits per heavy atom. The summed E-state index contributed by atoms with van der Waals surface area (Å²) in [5.74, 6) is 1.94. The van der Waals surface area contributed by atoms with Crippen LogP contribution in [-0.2, 0) is 0 Å². The molecule has 3 N–H and O–H groups in total. The van der Waals surface area contributed by atoms with Gasteiger partial charge >= 0.3 is 0 Å². The molecule has 1 aromatic carbocycles. The molecule has 1 saturated heterocycles. The molecular weight excluding hydrogens is 338 g/mol. The largest absolute Gasteiger partial charge is 0.490 e. The first-order chi connectivity index (χ1) is 12.1. The third-order valence-corrected chi connectivity index (χ3v) is 4.83. The third-order valence-electron chi connectivity index (χ3n) is 4.60. The van der Waals surface area contributed by atoms with Crippen LogP contribution in [0.5, 0.6) is 5.75 Å². The summed E-state index contributed by atoms with van der Waals surface area (Å²) in [6.45, 7) is 6.97. The fraction of sp³-hybridized carbons (Fsp3) is 0.421. The smallest absolute Gasteiger partial charge is 0.274 e. The topological polar surface area (TPSA) is 51.3 Å². The molecule has 1 aliphatic rings. The van der Waals surface area contributed by atoms with Gasteiger partial charge in [0.25, 0.3) is 5.82 Å². The maximum Gasteiger partial charge on any atom is 0.274 e. The molecule has 1 aliphatic heterocycles. The first-order valence-corrected chi connectivity index (χ1v) is 9.12. The van der Waals surface area contributed by atoms with Gasteiger partial charge in [0.2, 0.25) is 0 Å². The molecule has 5 nitrogen and oxygen atoms in total. The van der Waals surface area contributed by atoms with Crippen LogP contribution in [0.2, 0.25) is 5.02 Å². The number of hydrogen-bond donors (Lipinski definition) is 2. The molecule has 3 rings (SSSR count). The van der Waals surface area contributed by atoms with E-state index >= 15 is 0 Å². The Bertz CT molecular complexity index is 676. The predicted molar refractivity (Wildman–Crippen MR) is 98.5 cm³/mol. The first-order valence-electron chi connectivity index (χ1n) is 8.74. The number of halogens is 1. The van der Waals surface area contributed by atoms with Gasteiger partial charge in [-0.05, 0) is 36.8 Å². The number of aryl methyl sites for hydroxylation is 1. The van der Waals surface area contributed by atoms with Gasteiger partial charge in [0, 0.05) is 11.1 Å². The summed E-state index contributed by atoms with van der Waals surface area (Å²) in [6.07, 6.45) is 1.48. The Hall–Kier alpha value is -1.82. The van der Waals surface area contributed by atoms with E-state index in [0.717, 1.165) is 43.3 Å². The molecule has 2 heterocycles. The van der Waals surface area contributed by atoms with E-state index in [9.17, 15) is 5.11 Å². The van der Waals surface area contributed by atoms with Gasteiger partial charge in [0.15, 0.2) is 0 Å². The van der Waals surface area contributed by atoms with E-state index in [1.807, 2.05) is 37.4 Å². The average Bonchev–Trinajstić information content (AvgIpc) is 2.62. The second-order valence-corrected chi connectivity index (χ2v) is 7.00. The number of piperazine rings is 1. The monoisotopic (exact) mass is 363 g/mol. The summed E-state index contributed by atoms with van der Waals surface area (Å²) < 4.78 is 5.75. The number of nitrogens with zero attached hydrogens (tertiary/aromatic N) is 1. The molecule has 6 heteroatoms. The molecule has 0 spiro atoms. The molecule has 0 amide bonds. The molecule has 1 aromatic heterocycles. The zero-order valence-corrected chi connectivity index (χ0v) is 15.3. The minimum Gasteiger partial charge on any atom is -0.490 e. The Morgan fingerprint density at radius 3 is 2.76 bits per heavy atom. The maximum atomic E-state index is 10.3. The van der Waals surface area contributed by atoms with Gasteiger partial charge in [-0.15, -0.1) is 0 Å². The molecule has 0 aliphatic carbocycles. The van der Waals surface area contributed by atoms with Crippen LogP contribution in [0.25, 0.3) is 0 Å². The van der Waals surface area contributed by atoms with Gasteiger partial charge in [-0.25, -0.2) is 4.98 Å². The minimum atomic E-state index is -0.472. The van der Waals surface area contributed by atoms with E-state index in [0.29, 0.717) is 18.2 Å². The summed E-state index contributed by atoms with van der Waals surface area (Å²) in [4.78, 5) is 7.04. The number of aromatic nitrogens is 1. The number of H-pyrrole nitrogens is 1. The number of nitrogens with one attached hydrogen (secondary N) is 2. The van der Waals surface area contributed by atoms with Crippen LogP contribution >= 0.6 is 11.6 Å². The van der Waals surface area contributed by atoms with E-state index in [-0.39, 0.29) is 0 Å². The van der Waals surface area contributed by atoms with Crippen molar-refractivity contribution in [2.75, 3.05) is 44.2 Å². The number of aliphatic hydroxyl groups excluding tert-OH is 1. The van der Waals surface area contributed by atoms with Crippen molar-refractivity contribution in [2.24, 2.45) is 0 Å². The fourth-order valence-corrected chi connectivity index (χ4v) is 3.43. The molecule has 134 valence electrons. The molecule has 25 heavy (non-hydrogen) atoms. The lowest BCUT2D eigenvalue weighted by Gasteiger charge is -2.29. The van der Waals surface area contributed by atoms with Gasteiger partial charge in [-0.3, -0.25) is 4.90 Å². The number of rotatable bonds is 6. The van der Waals surface area contributed by atoms with Crippen LogP contribution in [0.4, 0.5) is 5.82 Å². The molecule has 1 atom stereocenters. The summed E-state index contributed by atoms with van der Waals surface area (Å²) in [5, 5.41) is 11.0. The standard InChI is InChI=1S/C19H24ClN3O2/c1-15-12-16(20)5-6-18(15)25-14-17(24)13-22-8-10-23(11-9-22)19-4-2-3-7-21-19/h2-7,12,17,24H,8-11,13-14H2,1H3/p+2/t17-/m0/s1. The lowest BCUT2D eigenvalue weighted by atomic mass is 10.2. The van der Waals surface area contributed by atoms with E-state index in [1.165, 1.54) is 4.90 Å². The SMILES string of the molecule is Cc1cc(Cl)ccc1OC[C@@H](O)C[NH+]1CCN(c2cccc[nH+]2)CC1. The average molecular weight is 364 g/mol. The predicted octanol–water partition coefficient (Wildman–Crippen LogP) is 0.607. The van der Waals surface area contributed by atoms with Gasteiger partial charge in [0.05, 0.1) is 6.20 Å². The number of anilines is 1. The van der Waals surface area contributed by atoms with Crippen LogP contribution in [0, 0.1) is 6.92 Å². The second kappa shape index (κ2) is 8.52. The Kier molecular flexibility index (Phi) is 6.13. The zero-order valence-electron chi connectivity index (χ0n) is 14.5. The van der Waals surface area contributed by atoms with Gasteiger partial charge < -0.3 is 14.7 Å². The van der Waals surface area contributed by atoms with E-state index in [1.54, 1.807) is 6.07 Å². The summed E-state index contributed by atoms with van der Waals surface area (Å²) >= 11 is 5.95.